The number of carbonyl (C=O) groups excluding carboxylic acids is 8. The number of hydrogen-bond acceptors (Lipinski definition) is 13. The topological polar surface area (TPSA) is 307 Å². The van der Waals surface area contributed by atoms with E-state index in [0.29, 0.717) is 22.9 Å². The SMILES string of the molecule is C[C@H](N)C(=O)N[C@@H](CO)C(=O)N[C@@H](C)C(=O)N[C@H]1CSC(=O)[C@H](Cc2ccccc2)NC(=O)[C@H](Cc2ccc(O)cc2)NC(=O)[C@H](C)NC(=O)[C@H](CO)NC1=O. The average molecular weight is 801 g/mol. The maximum absolute atomic E-state index is 13.9. The molecular formula is C36H48N8O11S. The van der Waals surface area contributed by atoms with Crippen molar-refractivity contribution in [2.45, 2.75) is 81.9 Å². The normalized spacial score (nSPS) is 22.9. The van der Waals surface area contributed by atoms with E-state index in [9.17, 15) is 53.7 Å². The zero-order valence-electron chi connectivity index (χ0n) is 30.9. The second-order valence-electron chi connectivity index (χ2n) is 13.1. The van der Waals surface area contributed by atoms with Crippen molar-refractivity contribution in [3.05, 3.63) is 65.7 Å². The third-order valence-corrected chi connectivity index (χ3v) is 9.54. The molecule has 1 aliphatic rings. The lowest BCUT2D eigenvalue weighted by Crippen LogP contribution is -2.61. The number of rotatable bonds is 12. The minimum Gasteiger partial charge on any atom is -0.508 e. The van der Waals surface area contributed by atoms with Crippen LogP contribution in [0.3, 0.4) is 0 Å². The smallest absolute Gasteiger partial charge is 0.245 e. The molecule has 1 saturated heterocycles. The number of benzene rings is 2. The van der Waals surface area contributed by atoms with E-state index in [4.69, 9.17) is 5.73 Å². The van der Waals surface area contributed by atoms with Gasteiger partial charge in [0.15, 0.2) is 0 Å². The van der Waals surface area contributed by atoms with E-state index in [2.05, 4.69) is 37.2 Å². The number of hydrogen-bond donors (Lipinski definition) is 11. The number of carbonyl (C=O) groups is 8. The van der Waals surface area contributed by atoms with Crippen LogP contribution >= 0.6 is 11.8 Å². The number of nitrogens with one attached hydrogen (secondary N) is 7. The quantitative estimate of drug-likeness (QED) is 0.0984. The molecule has 0 saturated carbocycles. The molecule has 20 heteroatoms. The van der Waals surface area contributed by atoms with Gasteiger partial charge in [0.2, 0.25) is 46.5 Å². The average Bonchev–Trinajstić information content (AvgIpc) is 3.16. The monoisotopic (exact) mass is 800 g/mol. The largest absolute Gasteiger partial charge is 0.508 e. The van der Waals surface area contributed by atoms with Crippen LogP contribution in [-0.4, -0.2) is 129 Å². The standard InChI is InChI=1S/C36H48N8O11S/c1-18(37)29(48)42-26(15-45)33(52)39-20(3)31(50)44-28-17-56-36(55)25(14-21-7-5-4-6-8-21)41-32(51)24(13-22-9-11-23(47)12-10-22)40-30(49)19(2)38-34(53)27(16-46)43-35(28)54/h4-12,18-20,24-28,45-47H,13-17,37H2,1-3H3,(H,38,53)(H,39,52)(H,40,49)(H,41,51)(H,42,48)(H,43,54)(H,44,50)/t18-,19-,20-,24-,25-,26-,27-,28-/m0/s1. The molecule has 3 rings (SSSR count). The number of thioether (sulfide) groups is 1. The van der Waals surface area contributed by atoms with Crippen LogP contribution in [0, 0.1) is 0 Å². The molecule has 0 radical (unpaired) electrons. The van der Waals surface area contributed by atoms with Crippen molar-refractivity contribution in [3.63, 3.8) is 0 Å². The fourth-order valence-electron chi connectivity index (χ4n) is 5.16. The molecule has 2 aromatic rings. The highest BCUT2D eigenvalue weighted by atomic mass is 32.2. The van der Waals surface area contributed by atoms with E-state index >= 15 is 0 Å². The van der Waals surface area contributed by atoms with E-state index in [-0.39, 0.29) is 18.6 Å². The number of nitrogens with two attached hydrogens (primary N) is 1. The van der Waals surface area contributed by atoms with Gasteiger partial charge in [-0.25, -0.2) is 0 Å². The predicted octanol–water partition coefficient (Wildman–Crippen LogP) is -3.78. The van der Waals surface area contributed by atoms with E-state index < -0.39 is 114 Å². The molecule has 0 unspecified atom stereocenters. The molecule has 12 N–H and O–H groups in total. The van der Waals surface area contributed by atoms with Crippen molar-refractivity contribution in [2.24, 2.45) is 5.73 Å². The van der Waals surface area contributed by atoms with Crippen LogP contribution in [0.15, 0.2) is 54.6 Å². The molecule has 0 aromatic heterocycles. The summed E-state index contributed by atoms with van der Waals surface area (Å²) in [6.07, 6.45) is -0.0806. The van der Waals surface area contributed by atoms with Crippen LogP contribution in [0.1, 0.15) is 31.9 Å². The first-order valence-corrected chi connectivity index (χ1v) is 18.6. The lowest BCUT2D eigenvalue weighted by Gasteiger charge is -2.27. The van der Waals surface area contributed by atoms with Gasteiger partial charge in [-0.1, -0.05) is 54.2 Å². The van der Waals surface area contributed by atoms with Gasteiger partial charge in [-0.2, -0.15) is 0 Å². The maximum Gasteiger partial charge on any atom is 0.245 e. The number of phenolic OH excluding ortho intramolecular Hbond substituents is 1. The van der Waals surface area contributed by atoms with Crippen molar-refractivity contribution >= 4 is 58.2 Å². The van der Waals surface area contributed by atoms with Crippen LogP contribution in [0.25, 0.3) is 0 Å². The molecule has 0 aliphatic carbocycles. The highest BCUT2D eigenvalue weighted by Gasteiger charge is 2.34. The third kappa shape index (κ3) is 13.6. The Kier molecular flexibility index (Phi) is 17.2. The zero-order valence-corrected chi connectivity index (χ0v) is 31.8. The van der Waals surface area contributed by atoms with Gasteiger partial charge >= 0.3 is 0 Å². The molecule has 0 bridgehead atoms. The van der Waals surface area contributed by atoms with E-state index in [0.717, 1.165) is 0 Å². The lowest BCUT2D eigenvalue weighted by molar-refractivity contribution is -0.135. The summed E-state index contributed by atoms with van der Waals surface area (Å²) in [7, 11) is 0. The highest BCUT2D eigenvalue weighted by Crippen LogP contribution is 2.16. The second kappa shape index (κ2) is 21.5. The van der Waals surface area contributed by atoms with Gasteiger partial charge in [-0.15, -0.1) is 0 Å². The molecular weight excluding hydrogens is 753 g/mol. The lowest BCUT2D eigenvalue weighted by atomic mass is 10.0. The first kappa shape index (κ1) is 44.8. The maximum atomic E-state index is 13.9. The fourth-order valence-corrected chi connectivity index (χ4v) is 6.07. The Morgan fingerprint density at radius 2 is 1.32 bits per heavy atom. The Bertz CT molecular complexity index is 1730. The molecule has 1 heterocycles. The van der Waals surface area contributed by atoms with Crippen LogP contribution in [0.4, 0.5) is 0 Å². The summed E-state index contributed by atoms with van der Waals surface area (Å²) in [5.74, 6) is -6.70. The highest BCUT2D eigenvalue weighted by molar-refractivity contribution is 8.13. The van der Waals surface area contributed by atoms with Crippen LogP contribution in [0.5, 0.6) is 5.75 Å². The van der Waals surface area contributed by atoms with Crippen LogP contribution < -0.4 is 43.0 Å². The Morgan fingerprint density at radius 3 is 1.93 bits per heavy atom. The Hall–Kier alpha value is -5.57. The Labute approximate surface area is 326 Å². The van der Waals surface area contributed by atoms with Crippen molar-refractivity contribution in [2.75, 3.05) is 19.0 Å². The minimum absolute atomic E-state index is 0.00484. The van der Waals surface area contributed by atoms with E-state index in [1.165, 1.54) is 32.9 Å². The van der Waals surface area contributed by atoms with Gasteiger partial charge < -0.3 is 58.3 Å². The van der Waals surface area contributed by atoms with Gasteiger partial charge in [-0.05, 0) is 44.0 Å². The number of phenols is 1. The number of amides is 7. The summed E-state index contributed by atoms with van der Waals surface area (Å²) < 4.78 is 0. The number of aliphatic hydroxyl groups is 2. The van der Waals surface area contributed by atoms with E-state index in [1.807, 2.05) is 0 Å². The number of aromatic hydroxyl groups is 1. The summed E-state index contributed by atoms with van der Waals surface area (Å²) in [4.78, 5) is 106. The van der Waals surface area contributed by atoms with Gasteiger partial charge in [0.05, 0.1) is 19.3 Å². The fraction of sp³-hybridized carbons (Fsp3) is 0.444. The third-order valence-electron chi connectivity index (χ3n) is 8.47. The molecule has 0 spiro atoms. The van der Waals surface area contributed by atoms with Crippen molar-refractivity contribution in [3.8, 4) is 5.75 Å². The summed E-state index contributed by atoms with van der Waals surface area (Å²) >= 11 is 0.569. The van der Waals surface area contributed by atoms with Crippen molar-refractivity contribution < 1.29 is 53.7 Å². The van der Waals surface area contributed by atoms with Crippen molar-refractivity contribution in [1.29, 1.82) is 0 Å². The molecule has 8 atom stereocenters. The molecule has 1 aliphatic heterocycles. The molecule has 1 fully saturated rings. The molecule has 7 amide bonds. The Balaban J connectivity index is 1.94. The van der Waals surface area contributed by atoms with E-state index in [1.54, 1.807) is 42.5 Å². The molecule has 19 nitrogen and oxygen atoms in total. The van der Waals surface area contributed by atoms with Gasteiger partial charge in [0, 0.05) is 18.6 Å². The van der Waals surface area contributed by atoms with Gasteiger partial charge in [0.25, 0.3) is 0 Å². The summed E-state index contributed by atoms with van der Waals surface area (Å²) in [5, 5.41) is 45.7. The van der Waals surface area contributed by atoms with Crippen molar-refractivity contribution in [1.82, 2.24) is 37.2 Å². The predicted molar refractivity (Wildman–Crippen MR) is 202 cm³/mol. The summed E-state index contributed by atoms with van der Waals surface area (Å²) in [6.45, 7) is 2.15. The zero-order chi connectivity index (χ0) is 41.5. The summed E-state index contributed by atoms with van der Waals surface area (Å²) in [6, 6.07) is 3.73. The molecule has 2 aromatic carbocycles. The first-order chi connectivity index (χ1) is 26.5. The Morgan fingerprint density at radius 1 is 0.750 bits per heavy atom. The molecule has 56 heavy (non-hydrogen) atoms. The number of aliphatic hydroxyl groups excluding tert-OH is 2. The van der Waals surface area contributed by atoms with Gasteiger partial charge in [-0.3, -0.25) is 38.4 Å². The first-order valence-electron chi connectivity index (χ1n) is 17.6. The molecule has 304 valence electrons. The van der Waals surface area contributed by atoms with Crippen LogP contribution in [0.2, 0.25) is 0 Å². The second-order valence-corrected chi connectivity index (χ2v) is 14.1. The summed E-state index contributed by atoms with van der Waals surface area (Å²) in [5.41, 5.74) is 6.71. The van der Waals surface area contributed by atoms with Crippen LogP contribution in [-0.2, 0) is 51.2 Å². The van der Waals surface area contributed by atoms with Gasteiger partial charge in [0.1, 0.15) is 48.0 Å². The minimum atomic E-state index is -1.64.